The molecule has 0 aliphatic rings. The standard InChI is InChI=1S/C10H10O3S/c1-7(11)14-9(10(12)13)8-5-3-2-4-6-8/h2-6,9H,1H3,(H,12,13)/t9-/m1/s1. The molecule has 1 rings (SSSR count). The van der Waals surface area contributed by atoms with Gasteiger partial charge in [0.05, 0.1) is 0 Å². The average Bonchev–Trinajstić information content (AvgIpc) is 2.15. The molecule has 0 amide bonds. The first kappa shape index (κ1) is 10.8. The topological polar surface area (TPSA) is 54.4 Å². The molecular formula is C10H10O3S. The van der Waals surface area contributed by atoms with Gasteiger partial charge in [0.1, 0.15) is 5.25 Å². The molecule has 1 atom stereocenters. The highest BCUT2D eigenvalue weighted by Gasteiger charge is 2.21. The van der Waals surface area contributed by atoms with E-state index in [9.17, 15) is 9.59 Å². The molecule has 0 aromatic heterocycles. The first-order valence-electron chi connectivity index (χ1n) is 4.06. The molecule has 4 heteroatoms. The maximum absolute atomic E-state index is 10.9. The van der Waals surface area contributed by atoms with Gasteiger partial charge >= 0.3 is 5.97 Å². The van der Waals surface area contributed by atoms with Gasteiger partial charge in [0.25, 0.3) is 0 Å². The smallest absolute Gasteiger partial charge is 0.321 e. The summed E-state index contributed by atoms with van der Waals surface area (Å²) in [4.78, 5) is 21.7. The van der Waals surface area contributed by atoms with Crippen molar-refractivity contribution in [3.63, 3.8) is 0 Å². The maximum atomic E-state index is 10.9. The van der Waals surface area contributed by atoms with Gasteiger partial charge in [-0.05, 0) is 5.56 Å². The quantitative estimate of drug-likeness (QED) is 0.830. The largest absolute Gasteiger partial charge is 0.480 e. The second kappa shape index (κ2) is 4.81. The lowest BCUT2D eigenvalue weighted by molar-refractivity contribution is -0.136. The molecule has 0 bridgehead atoms. The Morgan fingerprint density at radius 2 is 1.86 bits per heavy atom. The second-order valence-corrected chi connectivity index (χ2v) is 4.02. The van der Waals surface area contributed by atoms with Gasteiger partial charge < -0.3 is 5.11 Å². The predicted octanol–water partition coefficient (Wildman–Crippen LogP) is 2.09. The number of hydrogen-bond donors (Lipinski definition) is 1. The Bertz CT molecular complexity index is 334. The summed E-state index contributed by atoms with van der Waals surface area (Å²) >= 11 is 0.822. The van der Waals surface area contributed by atoms with E-state index < -0.39 is 11.2 Å². The molecule has 1 N–H and O–H groups in total. The fraction of sp³-hybridized carbons (Fsp3) is 0.200. The molecule has 0 unspecified atom stereocenters. The van der Waals surface area contributed by atoms with E-state index in [1.54, 1.807) is 30.3 Å². The zero-order valence-corrected chi connectivity index (χ0v) is 8.45. The average molecular weight is 210 g/mol. The Morgan fingerprint density at radius 3 is 2.29 bits per heavy atom. The van der Waals surface area contributed by atoms with Gasteiger partial charge in [-0.3, -0.25) is 9.59 Å². The molecular weight excluding hydrogens is 200 g/mol. The van der Waals surface area contributed by atoms with Crippen molar-refractivity contribution in [1.82, 2.24) is 0 Å². The SMILES string of the molecule is CC(=O)S[C@@H](C(=O)O)c1ccccc1. The molecule has 0 heterocycles. The van der Waals surface area contributed by atoms with Crippen molar-refractivity contribution >= 4 is 22.8 Å². The van der Waals surface area contributed by atoms with E-state index in [0.29, 0.717) is 5.56 Å². The number of benzene rings is 1. The minimum absolute atomic E-state index is 0.193. The third-order valence-electron chi connectivity index (χ3n) is 1.61. The Kier molecular flexibility index (Phi) is 3.71. The van der Waals surface area contributed by atoms with Crippen LogP contribution in [0.1, 0.15) is 17.7 Å². The third kappa shape index (κ3) is 2.88. The fourth-order valence-corrected chi connectivity index (χ4v) is 1.78. The number of carboxylic acids is 1. The zero-order valence-electron chi connectivity index (χ0n) is 7.64. The molecule has 3 nitrogen and oxygen atoms in total. The maximum Gasteiger partial charge on any atom is 0.321 e. The van der Waals surface area contributed by atoms with Gasteiger partial charge in [0, 0.05) is 6.92 Å². The highest BCUT2D eigenvalue weighted by molar-refractivity contribution is 8.14. The van der Waals surface area contributed by atoms with E-state index >= 15 is 0 Å². The first-order valence-corrected chi connectivity index (χ1v) is 4.94. The number of aliphatic carboxylic acids is 1. The monoisotopic (exact) mass is 210 g/mol. The number of carbonyl (C=O) groups excluding carboxylic acids is 1. The molecule has 14 heavy (non-hydrogen) atoms. The summed E-state index contributed by atoms with van der Waals surface area (Å²) in [5, 5.41) is 7.91. The van der Waals surface area contributed by atoms with Crippen LogP contribution in [0.15, 0.2) is 30.3 Å². The Hall–Kier alpha value is -1.29. The molecule has 0 radical (unpaired) electrons. The highest BCUT2D eigenvalue weighted by atomic mass is 32.2. The van der Waals surface area contributed by atoms with E-state index in [-0.39, 0.29) is 5.12 Å². The molecule has 1 aromatic rings. The number of carbonyl (C=O) groups is 2. The Balaban J connectivity index is 2.89. The van der Waals surface area contributed by atoms with Crippen LogP contribution in [-0.2, 0) is 9.59 Å². The van der Waals surface area contributed by atoms with Gasteiger partial charge in [0.15, 0.2) is 5.12 Å². The zero-order chi connectivity index (χ0) is 10.6. The van der Waals surface area contributed by atoms with E-state index in [0.717, 1.165) is 11.8 Å². The van der Waals surface area contributed by atoms with E-state index in [1.165, 1.54) is 6.92 Å². The van der Waals surface area contributed by atoms with Crippen LogP contribution in [0.3, 0.4) is 0 Å². The van der Waals surface area contributed by atoms with Crippen molar-refractivity contribution in [3.8, 4) is 0 Å². The van der Waals surface area contributed by atoms with Crippen LogP contribution in [-0.4, -0.2) is 16.2 Å². The Labute approximate surface area is 86.1 Å². The van der Waals surface area contributed by atoms with Crippen molar-refractivity contribution in [2.24, 2.45) is 0 Å². The van der Waals surface area contributed by atoms with Crippen LogP contribution in [0.2, 0.25) is 0 Å². The normalized spacial score (nSPS) is 12.1. The summed E-state index contributed by atoms with van der Waals surface area (Å²) in [6, 6.07) is 8.72. The van der Waals surface area contributed by atoms with E-state index in [1.807, 2.05) is 0 Å². The number of hydrogen-bond acceptors (Lipinski definition) is 3. The van der Waals surface area contributed by atoms with Crippen molar-refractivity contribution in [1.29, 1.82) is 0 Å². The van der Waals surface area contributed by atoms with Crippen LogP contribution in [0.5, 0.6) is 0 Å². The molecule has 1 aromatic carbocycles. The van der Waals surface area contributed by atoms with Crippen molar-refractivity contribution in [3.05, 3.63) is 35.9 Å². The lowest BCUT2D eigenvalue weighted by Crippen LogP contribution is -2.09. The van der Waals surface area contributed by atoms with Crippen LogP contribution in [0.25, 0.3) is 0 Å². The number of rotatable bonds is 3. The number of carboxylic acid groups (broad SMARTS) is 1. The first-order chi connectivity index (χ1) is 6.61. The lowest BCUT2D eigenvalue weighted by Gasteiger charge is -2.09. The molecule has 0 aliphatic heterocycles. The van der Waals surface area contributed by atoms with Gasteiger partial charge in [-0.15, -0.1) is 0 Å². The van der Waals surface area contributed by atoms with Gasteiger partial charge in [-0.1, -0.05) is 42.1 Å². The summed E-state index contributed by atoms with van der Waals surface area (Å²) in [6.07, 6.45) is 0. The molecule has 0 spiro atoms. The van der Waals surface area contributed by atoms with Crippen LogP contribution in [0.4, 0.5) is 0 Å². The summed E-state index contributed by atoms with van der Waals surface area (Å²) in [5.74, 6) is -0.989. The predicted molar refractivity (Wildman–Crippen MR) is 55.1 cm³/mol. The highest BCUT2D eigenvalue weighted by Crippen LogP contribution is 2.29. The third-order valence-corrected chi connectivity index (χ3v) is 2.65. The molecule has 0 saturated carbocycles. The van der Waals surface area contributed by atoms with Gasteiger partial charge in [0.2, 0.25) is 0 Å². The van der Waals surface area contributed by atoms with Crippen LogP contribution in [0, 0.1) is 0 Å². The molecule has 0 fully saturated rings. The fourth-order valence-electron chi connectivity index (χ4n) is 1.05. The van der Waals surface area contributed by atoms with Crippen LogP contribution >= 0.6 is 11.8 Å². The van der Waals surface area contributed by atoms with Gasteiger partial charge in [-0.2, -0.15) is 0 Å². The summed E-state index contributed by atoms with van der Waals surface area (Å²) < 4.78 is 0. The van der Waals surface area contributed by atoms with Crippen molar-refractivity contribution in [2.45, 2.75) is 12.2 Å². The Morgan fingerprint density at radius 1 is 1.29 bits per heavy atom. The van der Waals surface area contributed by atoms with Gasteiger partial charge in [-0.25, -0.2) is 0 Å². The second-order valence-electron chi connectivity index (χ2n) is 2.74. The summed E-state index contributed by atoms with van der Waals surface area (Å²) in [7, 11) is 0. The van der Waals surface area contributed by atoms with Crippen molar-refractivity contribution < 1.29 is 14.7 Å². The van der Waals surface area contributed by atoms with E-state index in [4.69, 9.17) is 5.11 Å². The molecule has 74 valence electrons. The summed E-state index contributed by atoms with van der Waals surface area (Å²) in [6.45, 7) is 1.36. The number of thioether (sulfide) groups is 1. The van der Waals surface area contributed by atoms with Crippen molar-refractivity contribution in [2.75, 3.05) is 0 Å². The van der Waals surface area contributed by atoms with E-state index in [2.05, 4.69) is 0 Å². The minimum atomic E-state index is -0.989. The minimum Gasteiger partial charge on any atom is -0.480 e. The van der Waals surface area contributed by atoms with Crippen LogP contribution < -0.4 is 0 Å². The lowest BCUT2D eigenvalue weighted by atomic mass is 10.1. The summed E-state index contributed by atoms with van der Waals surface area (Å²) in [5.41, 5.74) is 0.639. The molecule has 0 saturated heterocycles. The molecule has 0 aliphatic carbocycles.